The molecule has 3 rings (SSSR count). The standard InChI is InChI=1S/C15H24N2O4S/c18-14-7-12(9-17(14)13-3-1-2-4-13)15(19)16-8-11-5-6-22(20,21)10-11/h11-13H,1-10H2,(H,16,19)/t11-,12+/m0/s1. The molecule has 0 aromatic heterocycles. The number of sulfone groups is 1. The molecule has 0 unspecified atom stereocenters. The molecule has 6 nitrogen and oxygen atoms in total. The Kier molecular flexibility index (Phi) is 4.43. The zero-order valence-electron chi connectivity index (χ0n) is 12.8. The summed E-state index contributed by atoms with van der Waals surface area (Å²) in [5, 5.41) is 2.85. The van der Waals surface area contributed by atoms with Gasteiger partial charge in [0.1, 0.15) is 0 Å². The summed E-state index contributed by atoms with van der Waals surface area (Å²) >= 11 is 0. The number of amides is 2. The van der Waals surface area contributed by atoms with E-state index in [2.05, 4.69) is 5.32 Å². The van der Waals surface area contributed by atoms with Crippen molar-refractivity contribution in [2.24, 2.45) is 11.8 Å². The number of carbonyl (C=O) groups excluding carboxylic acids is 2. The Hall–Kier alpha value is -1.11. The Morgan fingerprint density at radius 1 is 1.23 bits per heavy atom. The fourth-order valence-electron chi connectivity index (χ4n) is 3.90. The molecule has 124 valence electrons. The van der Waals surface area contributed by atoms with Crippen LogP contribution in [0.2, 0.25) is 0 Å². The maximum atomic E-state index is 12.2. The molecule has 2 atom stereocenters. The Balaban J connectivity index is 1.48. The summed E-state index contributed by atoms with van der Waals surface area (Å²) in [4.78, 5) is 26.2. The number of rotatable bonds is 4. The van der Waals surface area contributed by atoms with Crippen LogP contribution < -0.4 is 5.32 Å². The summed E-state index contributed by atoms with van der Waals surface area (Å²) in [6, 6.07) is 0.324. The minimum absolute atomic E-state index is 0.0250. The summed E-state index contributed by atoms with van der Waals surface area (Å²) in [7, 11) is -2.90. The molecule has 1 N–H and O–H groups in total. The van der Waals surface area contributed by atoms with Crippen LogP contribution in [0.25, 0.3) is 0 Å². The predicted molar refractivity (Wildman–Crippen MR) is 81.8 cm³/mol. The van der Waals surface area contributed by atoms with Crippen molar-refractivity contribution in [3.63, 3.8) is 0 Å². The van der Waals surface area contributed by atoms with Crippen LogP contribution >= 0.6 is 0 Å². The summed E-state index contributed by atoms with van der Waals surface area (Å²) in [5.41, 5.74) is 0. The van der Waals surface area contributed by atoms with Crippen LogP contribution in [0.3, 0.4) is 0 Å². The van der Waals surface area contributed by atoms with Crippen molar-refractivity contribution >= 4 is 21.7 Å². The first-order valence-electron chi connectivity index (χ1n) is 8.22. The lowest BCUT2D eigenvalue weighted by molar-refractivity contribution is -0.130. The van der Waals surface area contributed by atoms with Crippen molar-refractivity contribution in [2.45, 2.75) is 44.6 Å². The third-order valence-corrected chi connectivity index (χ3v) is 7.02. The van der Waals surface area contributed by atoms with Gasteiger partial charge in [-0.15, -0.1) is 0 Å². The van der Waals surface area contributed by atoms with Gasteiger partial charge in [-0.05, 0) is 25.2 Å². The topological polar surface area (TPSA) is 83.5 Å². The van der Waals surface area contributed by atoms with Crippen molar-refractivity contribution < 1.29 is 18.0 Å². The van der Waals surface area contributed by atoms with Gasteiger partial charge in [-0.1, -0.05) is 12.8 Å². The van der Waals surface area contributed by atoms with E-state index in [4.69, 9.17) is 0 Å². The molecule has 0 spiro atoms. The molecule has 0 bridgehead atoms. The fourth-order valence-corrected chi connectivity index (χ4v) is 5.76. The Morgan fingerprint density at radius 3 is 2.59 bits per heavy atom. The maximum Gasteiger partial charge on any atom is 0.225 e. The molecule has 3 fully saturated rings. The molecule has 1 aliphatic carbocycles. The van der Waals surface area contributed by atoms with E-state index in [1.165, 1.54) is 12.8 Å². The third kappa shape index (κ3) is 3.45. The number of hydrogen-bond acceptors (Lipinski definition) is 4. The van der Waals surface area contributed by atoms with E-state index in [1.54, 1.807) is 0 Å². The summed E-state index contributed by atoms with van der Waals surface area (Å²) in [6.07, 6.45) is 5.37. The quantitative estimate of drug-likeness (QED) is 0.806. The molecule has 2 aliphatic heterocycles. The highest BCUT2D eigenvalue weighted by atomic mass is 32.2. The Labute approximate surface area is 131 Å². The van der Waals surface area contributed by atoms with Gasteiger partial charge in [0.05, 0.1) is 17.4 Å². The molecule has 0 aromatic rings. The summed E-state index contributed by atoms with van der Waals surface area (Å²) < 4.78 is 22.8. The molecule has 0 radical (unpaired) electrons. The number of nitrogens with one attached hydrogen (secondary N) is 1. The van der Waals surface area contributed by atoms with Crippen molar-refractivity contribution in [2.75, 3.05) is 24.6 Å². The lowest BCUT2D eigenvalue weighted by atomic mass is 10.1. The second-order valence-corrected chi connectivity index (χ2v) is 9.13. The van der Waals surface area contributed by atoms with E-state index >= 15 is 0 Å². The second kappa shape index (κ2) is 6.18. The van der Waals surface area contributed by atoms with Gasteiger partial charge in [0.15, 0.2) is 9.84 Å². The molecule has 22 heavy (non-hydrogen) atoms. The van der Waals surface area contributed by atoms with Gasteiger partial charge >= 0.3 is 0 Å². The fraction of sp³-hybridized carbons (Fsp3) is 0.867. The number of nitrogens with zero attached hydrogens (tertiary/aromatic N) is 1. The summed E-state index contributed by atoms with van der Waals surface area (Å²) in [5.74, 6) is 0.146. The molecule has 2 amide bonds. The minimum atomic E-state index is -2.90. The molecule has 2 heterocycles. The lowest BCUT2D eigenvalue weighted by Gasteiger charge is -2.24. The average molecular weight is 328 g/mol. The molecule has 0 aromatic carbocycles. The summed E-state index contributed by atoms with van der Waals surface area (Å²) in [6.45, 7) is 0.935. The molecular weight excluding hydrogens is 304 g/mol. The number of hydrogen-bond donors (Lipinski definition) is 1. The second-order valence-electron chi connectivity index (χ2n) is 6.90. The number of carbonyl (C=O) groups is 2. The lowest BCUT2D eigenvalue weighted by Crippen LogP contribution is -2.38. The predicted octanol–water partition coefficient (Wildman–Crippen LogP) is 0.328. The van der Waals surface area contributed by atoms with Gasteiger partial charge in [-0.2, -0.15) is 0 Å². The van der Waals surface area contributed by atoms with Crippen molar-refractivity contribution in [1.82, 2.24) is 10.2 Å². The van der Waals surface area contributed by atoms with Crippen molar-refractivity contribution in [3.8, 4) is 0 Å². The Morgan fingerprint density at radius 2 is 1.95 bits per heavy atom. The van der Waals surface area contributed by atoms with E-state index in [0.717, 1.165) is 12.8 Å². The van der Waals surface area contributed by atoms with Gasteiger partial charge in [0.25, 0.3) is 0 Å². The Bertz CT molecular complexity index is 554. The minimum Gasteiger partial charge on any atom is -0.355 e. The van der Waals surface area contributed by atoms with E-state index in [1.807, 2.05) is 4.90 Å². The van der Waals surface area contributed by atoms with E-state index in [9.17, 15) is 18.0 Å². The maximum absolute atomic E-state index is 12.2. The zero-order valence-corrected chi connectivity index (χ0v) is 13.6. The first-order chi connectivity index (χ1) is 10.4. The first kappa shape index (κ1) is 15.8. The van der Waals surface area contributed by atoms with Gasteiger partial charge in [0.2, 0.25) is 11.8 Å². The molecule has 3 aliphatic rings. The van der Waals surface area contributed by atoms with Gasteiger partial charge in [-0.3, -0.25) is 9.59 Å². The van der Waals surface area contributed by atoms with Crippen molar-refractivity contribution in [1.29, 1.82) is 0 Å². The highest BCUT2D eigenvalue weighted by Crippen LogP contribution is 2.29. The van der Waals surface area contributed by atoms with Crippen LogP contribution in [0.15, 0.2) is 0 Å². The van der Waals surface area contributed by atoms with Crippen LogP contribution in [0.1, 0.15) is 38.5 Å². The van der Waals surface area contributed by atoms with Gasteiger partial charge in [0, 0.05) is 25.6 Å². The monoisotopic (exact) mass is 328 g/mol. The first-order valence-corrected chi connectivity index (χ1v) is 10.0. The van der Waals surface area contributed by atoms with Crippen LogP contribution in [0.4, 0.5) is 0 Å². The smallest absolute Gasteiger partial charge is 0.225 e. The van der Waals surface area contributed by atoms with Crippen LogP contribution in [-0.4, -0.2) is 55.8 Å². The molecule has 7 heteroatoms. The average Bonchev–Trinajstić information content (AvgIpc) is 3.16. The molecular formula is C15H24N2O4S. The molecule has 1 saturated carbocycles. The highest BCUT2D eigenvalue weighted by molar-refractivity contribution is 7.91. The zero-order chi connectivity index (χ0) is 15.7. The van der Waals surface area contributed by atoms with Crippen LogP contribution in [-0.2, 0) is 19.4 Å². The number of likely N-dealkylation sites (tertiary alicyclic amines) is 1. The van der Waals surface area contributed by atoms with E-state index in [0.29, 0.717) is 32.0 Å². The molecule has 2 saturated heterocycles. The van der Waals surface area contributed by atoms with Gasteiger partial charge < -0.3 is 10.2 Å². The van der Waals surface area contributed by atoms with E-state index < -0.39 is 9.84 Å². The van der Waals surface area contributed by atoms with E-state index in [-0.39, 0.29) is 35.2 Å². The highest BCUT2D eigenvalue weighted by Gasteiger charge is 2.39. The van der Waals surface area contributed by atoms with Crippen LogP contribution in [0.5, 0.6) is 0 Å². The SMILES string of the molecule is O=C(NC[C@@H]1CCS(=O)(=O)C1)[C@@H]1CC(=O)N(C2CCCC2)C1. The van der Waals surface area contributed by atoms with Gasteiger partial charge in [-0.25, -0.2) is 8.42 Å². The normalized spacial score (nSPS) is 31.8. The van der Waals surface area contributed by atoms with Crippen LogP contribution in [0, 0.1) is 11.8 Å². The third-order valence-electron chi connectivity index (χ3n) is 5.19. The largest absolute Gasteiger partial charge is 0.355 e. The van der Waals surface area contributed by atoms with Crippen molar-refractivity contribution in [3.05, 3.63) is 0 Å².